The number of aromatic amines is 2. The largest absolute Gasteiger partial charge is 0.346 e. The molecule has 0 radical (unpaired) electrons. The maximum Gasteiger partial charge on any atom is 0.152 e. The van der Waals surface area contributed by atoms with Crippen LogP contribution in [-0.2, 0) is 0 Å². The van der Waals surface area contributed by atoms with E-state index in [4.69, 9.17) is 0 Å². The Bertz CT molecular complexity index is 876. The van der Waals surface area contributed by atoms with Crippen molar-refractivity contribution in [3.05, 3.63) is 60.9 Å². The normalized spacial score (nSPS) is 10.9. The van der Waals surface area contributed by atoms with Crippen LogP contribution >= 0.6 is 0 Å². The lowest BCUT2D eigenvalue weighted by Crippen LogP contribution is -1.91. The van der Waals surface area contributed by atoms with Crippen molar-refractivity contribution in [2.24, 2.45) is 0 Å². The Kier molecular flexibility index (Phi) is 2.67. The molecule has 0 amide bonds. The number of aromatic nitrogens is 4. The zero-order chi connectivity index (χ0) is 14.1. The number of benzene rings is 1. The molecule has 0 spiro atoms. The summed E-state index contributed by atoms with van der Waals surface area (Å²) in [6, 6.07) is 16.0. The molecule has 3 aromatic heterocycles. The highest BCUT2D eigenvalue weighted by molar-refractivity contribution is 5.90. The van der Waals surface area contributed by atoms with Crippen LogP contribution in [0.3, 0.4) is 0 Å². The van der Waals surface area contributed by atoms with Gasteiger partial charge in [-0.2, -0.15) is 5.10 Å². The van der Waals surface area contributed by atoms with Crippen LogP contribution in [0.1, 0.15) is 0 Å². The Morgan fingerprint density at radius 2 is 1.90 bits per heavy atom. The fourth-order valence-electron chi connectivity index (χ4n) is 2.36. The van der Waals surface area contributed by atoms with Gasteiger partial charge in [0.1, 0.15) is 5.65 Å². The van der Waals surface area contributed by atoms with Crippen LogP contribution in [0.25, 0.3) is 22.3 Å². The Morgan fingerprint density at radius 3 is 2.81 bits per heavy atom. The van der Waals surface area contributed by atoms with Gasteiger partial charge >= 0.3 is 0 Å². The van der Waals surface area contributed by atoms with Crippen molar-refractivity contribution < 1.29 is 0 Å². The van der Waals surface area contributed by atoms with Crippen LogP contribution in [0.15, 0.2) is 60.9 Å². The lowest BCUT2D eigenvalue weighted by atomic mass is 10.1. The average molecular weight is 275 g/mol. The second-order valence-corrected chi connectivity index (χ2v) is 4.76. The number of hydrogen-bond donors (Lipinski definition) is 3. The van der Waals surface area contributed by atoms with Crippen LogP contribution in [0.5, 0.6) is 0 Å². The molecular weight excluding hydrogens is 262 g/mol. The lowest BCUT2D eigenvalue weighted by molar-refractivity contribution is 1.10. The molecule has 0 bridgehead atoms. The molecule has 0 aliphatic heterocycles. The number of H-pyrrole nitrogens is 2. The van der Waals surface area contributed by atoms with E-state index in [1.807, 2.05) is 54.7 Å². The van der Waals surface area contributed by atoms with E-state index in [1.165, 1.54) is 0 Å². The summed E-state index contributed by atoms with van der Waals surface area (Å²) in [4.78, 5) is 7.37. The standard InChI is InChI=1S/C16H13N5/c1-2-4-11(5-3-1)14-10-15(21-20-14)19-13-7-9-18-16-12(13)6-8-17-16/h1-10H,(H3,17,18,19,20,21). The van der Waals surface area contributed by atoms with Crippen molar-refractivity contribution in [2.45, 2.75) is 0 Å². The number of nitrogens with zero attached hydrogens (tertiary/aromatic N) is 2. The summed E-state index contributed by atoms with van der Waals surface area (Å²) in [6.07, 6.45) is 3.65. The van der Waals surface area contributed by atoms with Crippen molar-refractivity contribution in [1.29, 1.82) is 0 Å². The quantitative estimate of drug-likeness (QED) is 0.534. The molecule has 0 aliphatic carbocycles. The summed E-state index contributed by atoms with van der Waals surface area (Å²) < 4.78 is 0. The molecule has 0 unspecified atom stereocenters. The summed E-state index contributed by atoms with van der Waals surface area (Å²) in [6.45, 7) is 0. The SMILES string of the molecule is c1ccc(-c2cc(Nc3ccnc4[nH]ccc34)n[nH]2)cc1. The second kappa shape index (κ2) is 4.79. The maximum absolute atomic E-state index is 4.31. The highest BCUT2D eigenvalue weighted by Crippen LogP contribution is 2.25. The van der Waals surface area contributed by atoms with Crippen molar-refractivity contribution in [3.63, 3.8) is 0 Å². The average Bonchev–Trinajstić information content (AvgIpc) is 3.17. The first-order valence-corrected chi connectivity index (χ1v) is 6.70. The van der Waals surface area contributed by atoms with E-state index in [0.29, 0.717) is 0 Å². The van der Waals surface area contributed by atoms with Crippen molar-refractivity contribution in [2.75, 3.05) is 5.32 Å². The zero-order valence-electron chi connectivity index (χ0n) is 11.2. The topological polar surface area (TPSA) is 69.4 Å². The minimum absolute atomic E-state index is 0.780. The van der Waals surface area contributed by atoms with Gasteiger partial charge < -0.3 is 10.3 Å². The van der Waals surface area contributed by atoms with E-state index >= 15 is 0 Å². The Balaban J connectivity index is 1.66. The fraction of sp³-hybridized carbons (Fsp3) is 0. The molecular formula is C16H13N5. The van der Waals surface area contributed by atoms with Gasteiger partial charge in [-0.05, 0) is 17.7 Å². The maximum atomic E-state index is 4.31. The van der Waals surface area contributed by atoms with Gasteiger partial charge in [-0.15, -0.1) is 0 Å². The summed E-state index contributed by atoms with van der Waals surface area (Å²) in [5.74, 6) is 0.780. The summed E-state index contributed by atoms with van der Waals surface area (Å²) in [7, 11) is 0. The van der Waals surface area contributed by atoms with Crippen molar-refractivity contribution in [3.8, 4) is 11.3 Å². The first-order valence-electron chi connectivity index (χ1n) is 6.70. The molecule has 21 heavy (non-hydrogen) atoms. The third-order valence-corrected chi connectivity index (χ3v) is 3.39. The van der Waals surface area contributed by atoms with Gasteiger partial charge in [0, 0.05) is 23.8 Å². The van der Waals surface area contributed by atoms with E-state index in [-0.39, 0.29) is 0 Å². The van der Waals surface area contributed by atoms with Gasteiger partial charge in [0.25, 0.3) is 0 Å². The number of anilines is 2. The number of rotatable bonds is 3. The van der Waals surface area contributed by atoms with E-state index < -0.39 is 0 Å². The number of nitrogens with one attached hydrogen (secondary N) is 3. The number of pyridine rings is 1. The summed E-state index contributed by atoms with van der Waals surface area (Å²) in [5, 5.41) is 11.7. The third kappa shape index (κ3) is 2.14. The van der Waals surface area contributed by atoms with Crippen molar-refractivity contribution >= 4 is 22.5 Å². The van der Waals surface area contributed by atoms with Crippen LogP contribution in [0, 0.1) is 0 Å². The zero-order valence-corrected chi connectivity index (χ0v) is 11.2. The molecule has 3 N–H and O–H groups in total. The third-order valence-electron chi connectivity index (χ3n) is 3.39. The lowest BCUT2D eigenvalue weighted by Gasteiger charge is -2.03. The first kappa shape index (κ1) is 11.7. The first-order chi connectivity index (χ1) is 10.4. The predicted molar refractivity (Wildman–Crippen MR) is 83.4 cm³/mol. The minimum Gasteiger partial charge on any atom is -0.346 e. The van der Waals surface area contributed by atoms with Crippen LogP contribution in [0.4, 0.5) is 11.5 Å². The van der Waals surface area contributed by atoms with Crippen molar-refractivity contribution in [1.82, 2.24) is 20.2 Å². The Labute approximate surface area is 121 Å². The molecule has 0 fully saturated rings. The highest BCUT2D eigenvalue weighted by atomic mass is 15.2. The second-order valence-electron chi connectivity index (χ2n) is 4.76. The molecule has 5 heteroatoms. The van der Waals surface area contributed by atoms with E-state index in [1.54, 1.807) is 6.20 Å². The molecule has 0 saturated heterocycles. The van der Waals surface area contributed by atoms with E-state index in [0.717, 1.165) is 33.8 Å². The monoisotopic (exact) mass is 275 g/mol. The summed E-state index contributed by atoms with van der Waals surface area (Å²) >= 11 is 0. The minimum atomic E-state index is 0.780. The molecule has 0 atom stereocenters. The van der Waals surface area contributed by atoms with Crippen LogP contribution in [-0.4, -0.2) is 20.2 Å². The molecule has 0 saturated carbocycles. The van der Waals surface area contributed by atoms with Gasteiger partial charge in [-0.1, -0.05) is 30.3 Å². The molecule has 4 rings (SSSR count). The van der Waals surface area contributed by atoms with Gasteiger partial charge in [0.2, 0.25) is 0 Å². The smallest absolute Gasteiger partial charge is 0.152 e. The van der Waals surface area contributed by atoms with Gasteiger partial charge in [0.05, 0.1) is 11.4 Å². The van der Waals surface area contributed by atoms with Crippen LogP contribution < -0.4 is 5.32 Å². The van der Waals surface area contributed by atoms with E-state index in [9.17, 15) is 0 Å². The molecule has 3 heterocycles. The van der Waals surface area contributed by atoms with E-state index in [2.05, 4.69) is 25.5 Å². The molecule has 5 nitrogen and oxygen atoms in total. The Hall–Kier alpha value is -3.08. The van der Waals surface area contributed by atoms with Gasteiger partial charge in [-0.25, -0.2) is 4.98 Å². The van der Waals surface area contributed by atoms with Gasteiger partial charge in [-0.3, -0.25) is 5.10 Å². The molecule has 1 aromatic carbocycles. The predicted octanol–water partition coefficient (Wildman–Crippen LogP) is 3.70. The fourth-order valence-corrected chi connectivity index (χ4v) is 2.36. The van der Waals surface area contributed by atoms with Crippen LogP contribution in [0.2, 0.25) is 0 Å². The number of hydrogen-bond acceptors (Lipinski definition) is 3. The molecule has 4 aromatic rings. The summed E-state index contributed by atoms with van der Waals surface area (Å²) in [5.41, 5.74) is 3.93. The Morgan fingerprint density at radius 1 is 1.00 bits per heavy atom. The molecule has 0 aliphatic rings. The van der Waals surface area contributed by atoms with Gasteiger partial charge in [0.15, 0.2) is 5.82 Å². The molecule has 102 valence electrons. The number of fused-ring (bicyclic) bond motifs is 1. The highest BCUT2D eigenvalue weighted by Gasteiger charge is 2.06.